The molecule has 2 rings (SSSR count). The van der Waals surface area contributed by atoms with Gasteiger partial charge in [0.1, 0.15) is 4.88 Å². The summed E-state index contributed by atoms with van der Waals surface area (Å²) in [5.41, 5.74) is 0. The van der Waals surface area contributed by atoms with Crippen molar-refractivity contribution in [2.45, 2.75) is 25.4 Å². The number of nitrogens with zero attached hydrogens (tertiary/aromatic N) is 2. The fourth-order valence-corrected chi connectivity index (χ4v) is 2.27. The molecule has 1 saturated heterocycles. The lowest BCUT2D eigenvalue weighted by atomic mass is 10.1. The monoisotopic (exact) mass is 270 g/mol. The molecule has 2 heterocycles. The molecule has 0 aliphatic carbocycles. The van der Waals surface area contributed by atoms with Crippen molar-refractivity contribution < 1.29 is 9.53 Å². The molecule has 1 aromatic rings. The third-order valence-corrected chi connectivity index (χ3v) is 3.49. The molecule has 0 bridgehead atoms. The molecule has 1 aliphatic rings. The Morgan fingerprint density at radius 2 is 2.39 bits per heavy atom. The van der Waals surface area contributed by atoms with Crippen LogP contribution in [0.4, 0.5) is 0 Å². The molecule has 0 unspecified atom stereocenters. The lowest BCUT2D eigenvalue weighted by Crippen LogP contribution is -2.33. The zero-order chi connectivity index (χ0) is 12.6. The summed E-state index contributed by atoms with van der Waals surface area (Å²) in [4.78, 5) is 12.1. The van der Waals surface area contributed by atoms with Crippen LogP contribution >= 0.6 is 11.5 Å². The van der Waals surface area contributed by atoms with Crippen molar-refractivity contribution in [1.82, 2.24) is 20.2 Å². The van der Waals surface area contributed by atoms with E-state index in [2.05, 4.69) is 20.2 Å². The first-order valence-corrected chi connectivity index (χ1v) is 7.01. The van der Waals surface area contributed by atoms with Gasteiger partial charge >= 0.3 is 0 Å². The standard InChI is InChI=1S/C11H18N4O2S/c16-11(10-8-14-15-18-10)13-4-1-7-17-9-2-5-12-6-3-9/h8-9,12H,1-7H2,(H,13,16). The molecule has 7 heteroatoms. The van der Waals surface area contributed by atoms with Gasteiger partial charge < -0.3 is 15.4 Å². The molecule has 0 spiro atoms. The van der Waals surface area contributed by atoms with Gasteiger partial charge in [0.15, 0.2) is 0 Å². The Bertz CT molecular complexity index is 352. The van der Waals surface area contributed by atoms with Gasteiger partial charge in [-0.2, -0.15) is 0 Å². The third kappa shape index (κ3) is 4.32. The van der Waals surface area contributed by atoms with Crippen molar-refractivity contribution in [3.63, 3.8) is 0 Å². The van der Waals surface area contributed by atoms with E-state index in [1.54, 1.807) is 0 Å². The molecule has 0 atom stereocenters. The minimum atomic E-state index is -0.105. The molecule has 0 radical (unpaired) electrons. The Labute approximate surface area is 110 Å². The Kier molecular flexibility index (Phi) is 5.50. The smallest absolute Gasteiger partial charge is 0.264 e. The number of nitrogens with one attached hydrogen (secondary N) is 2. The second kappa shape index (κ2) is 7.40. The van der Waals surface area contributed by atoms with Crippen molar-refractivity contribution in [2.75, 3.05) is 26.2 Å². The number of hydrogen-bond acceptors (Lipinski definition) is 6. The number of piperidine rings is 1. The summed E-state index contributed by atoms with van der Waals surface area (Å²) < 4.78 is 9.39. The van der Waals surface area contributed by atoms with E-state index in [4.69, 9.17) is 4.74 Å². The number of carbonyl (C=O) groups excluding carboxylic acids is 1. The predicted molar refractivity (Wildman–Crippen MR) is 68.7 cm³/mol. The summed E-state index contributed by atoms with van der Waals surface area (Å²) in [6.45, 7) is 3.41. The van der Waals surface area contributed by atoms with Crippen LogP contribution in [0.3, 0.4) is 0 Å². The van der Waals surface area contributed by atoms with Crippen LogP contribution in [0.15, 0.2) is 6.20 Å². The van der Waals surface area contributed by atoms with Crippen molar-refractivity contribution >= 4 is 17.4 Å². The topological polar surface area (TPSA) is 76.1 Å². The quantitative estimate of drug-likeness (QED) is 0.733. The normalized spacial score (nSPS) is 16.7. The van der Waals surface area contributed by atoms with Crippen molar-refractivity contribution in [3.05, 3.63) is 11.1 Å². The lowest BCUT2D eigenvalue weighted by molar-refractivity contribution is 0.0318. The molecule has 2 N–H and O–H groups in total. The highest BCUT2D eigenvalue weighted by molar-refractivity contribution is 7.07. The number of aromatic nitrogens is 2. The molecule has 1 aliphatic heterocycles. The first-order chi connectivity index (χ1) is 8.86. The number of rotatable bonds is 6. The Balaban J connectivity index is 1.52. The van der Waals surface area contributed by atoms with Crippen LogP contribution in [0.1, 0.15) is 28.9 Å². The molecule has 0 saturated carbocycles. The molecule has 100 valence electrons. The van der Waals surface area contributed by atoms with Crippen molar-refractivity contribution in [1.29, 1.82) is 0 Å². The number of carbonyl (C=O) groups is 1. The molecule has 1 aromatic heterocycles. The first kappa shape index (κ1) is 13.4. The van der Waals surface area contributed by atoms with Crippen molar-refractivity contribution in [3.8, 4) is 0 Å². The van der Waals surface area contributed by atoms with Gasteiger partial charge in [-0.05, 0) is 43.9 Å². The average molecular weight is 270 g/mol. The highest BCUT2D eigenvalue weighted by Gasteiger charge is 2.12. The third-order valence-electron chi connectivity index (χ3n) is 2.83. The molecular weight excluding hydrogens is 252 g/mol. The summed E-state index contributed by atoms with van der Waals surface area (Å²) >= 11 is 1.11. The van der Waals surface area contributed by atoms with Gasteiger partial charge in [0.05, 0.1) is 12.3 Å². The largest absolute Gasteiger partial charge is 0.378 e. The minimum Gasteiger partial charge on any atom is -0.378 e. The van der Waals surface area contributed by atoms with Crippen LogP contribution in [0.2, 0.25) is 0 Å². The first-order valence-electron chi connectivity index (χ1n) is 6.24. The van der Waals surface area contributed by atoms with Gasteiger partial charge in [-0.1, -0.05) is 4.49 Å². The van der Waals surface area contributed by atoms with Crippen LogP contribution in [0.5, 0.6) is 0 Å². The van der Waals surface area contributed by atoms with E-state index < -0.39 is 0 Å². The average Bonchev–Trinajstić information content (AvgIpc) is 2.93. The van der Waals surface area contributed by atoms with Gasteiger partial charge in [0.25, 0.3) is 5.91 Å². The van der Waals surface area contributed by atoms with Gasteiger partial charge in [0.2, 0.25) is 0 Å². The molecule has 1 amide bonds. The predicted octanol–water partition coefficient (Wildman–Crippen LogP) is 0.427. The Morgan fingerprint density at radius 1 is 1.56 bits per heavy atom. The lowest BCUT2D eigenvalue weighted by Gasteiger charge is -2.22. The van der Waals surface area contributed by atoms with E-state index in [1.807, 2.05) is 0 Å². The van der Waals surface area contributed by atoms with E-state index in [1.165, 1.54) is 6.20 Å². The molecule has 18 heavy (non-hydrogen) atoms. The summed E-state index contributed by atoms with van der Waals surface area (Å²) in [6.07, 6.45) is 4.86. The van der Waals surface area contributed by atoms with Crippen molar-refractivity contribution in [2.24, 2.45) is 0 Å². The maximum Gasteiger partial charge on any atom is 0.264 e. The maximum absolute atomic E-state index is 11.5. The van der Waals surface area contributed by atoms with E-state index >= 15 is 0 Å². The molecular formula is C11H18N4O2S. The van der Waals surface area contributed by atoms with E-state index in [9.17, 15) is 4.79 Å². The minimum absolute atomic E-state index is 0.105. The summed E-state index contributed by atoms with van der Waals surface area (Å²) in [7, 11) is 0. The summed E-state index contributed by atoms with van der Waals surface area (Å²) in [5, 5.41) is 9.75. The van der Waals surface area contributed by atoms with E-state index in [0.717, 1.165) is 43.9 Å². The fraction of sp³-hybridized carbons (Fsp3) is 0.727. The van der Waals surface area contributed by atoms with Gasteiger partial charge in [-0.25, -0.2) is 0 Å². The summed E-state index contributed by atoms with van der Waals surface area (Å²) in [5.74, 6) is -0.105. The molecule has 6 nitrogen and oxygen atoms in total. The maximum atomic E-state index is 11.5. The molecule has 0 aromatic carbocycles. The van der Waals surface area contributed by atoms with Crippen LogP contribution in [-0.4, -0.2) is 47.8 Å². The SMILES string of the molecule is O=C(NCCCOC1CCNCC1)c1cnns1. The number of hydrogen-bond donors (Lipinski definition) is 2. The van der Waals surface area contributed by atoms with Gasteiger partial charge in [-0.15, -0.1) is 5.10 Å². The van der Waals surface area contributed by atoms with Crippen LogP contribution in [0.25, 0.3) is 0 Å². The van der Waals surface area contributed by atoms with Crippen LogP contribution < -0.4 is 10.6 Å². The van der Waals surface area contributed by atoms with Crippen LogP contribution in [-0.2, 0) is 4.74 Å². The highest BCUT2D eigenvalue weighted by atomic mass is 32.1. The van der Waals surface area contributed by atoms with E-state index in [-0.39, 0.29) is 5.91 Å². The second-order valence-electron chi connectivity index (χ2n) is 4.21. The molecule has 1 fully saturated rings. The number of amides is 1. The second-order valence-corrected chi connectivity index (χ2v) is 5.00. The Hall–Kier alpha value is -1.05. The highest BCUT2D eigenvalue weighted by Crippen LogP contribution is 2.07. The van der Waals surface area contributed by atoms with Gasteiger partial charge in [0, 0.05) is 13.2 Å². The Morgan fingerprint density at radius 3 is 3.11 bits per heavy atom. The van der Waals surface area contributed by atoms with E-state index in [0.29, 0.717) is 24.1 Å². The van der Waals surface area contributed by atoms with Crippen LogP contribution in [0, 0.1) is 0 Å². The summed E-state index contributed by atoms with van der Waals surface area (Å²) in [6, 6.07) is 0. The number of ether oxygens (including phenoxy) is 1. The van der Waals surface area contributed by atoms with Gasteiger partial charge in [-0.3, -0.25) is 4.79 Å². The zero-order valence-electron chi connectivity index (χ0n) is 10.2. The zero-order valence-corrected chi connectivity index (χ0v) is 11.0. The fourth-order valence-electron chi connectivity index (χ4n) is 1.84.